The van der Waals surface area contributed by atoms with Crippen LogP contribution in [0.1, 0.15) is 34.7 Å². The highest BCUT2D eigenvalue weighted by molar-refractivity contribution is 5.99. The van der Waals surface area contributed by atoms with Crippen LogP contribution in [0, 0.1) is 0 Å². The van der Waals surface area contributed by atoms with Gasteiger partial charge in [0.05, 0.1) is 26.3 Å². The Kier molecular flexibility index (Phi) is 4.97. The molecule has 0 spiro atoms. The van der Waals surface area contributed by atoms with Crippen LogP contribution in [0.5, 0.6) is 11.5 Å². The van der Waals surface area contributed by atoms with Crippen molar-refractivity contribution in [1.29, 1.82) is 0 Å². The molecule has 1 heterocycles. The second kappa shape index (κ2) is 7.72. The number of ketones is 1. The molecule has 2 aromatic carbocycles. The van der Waals surface area contributed by atoms with E-state index in [0.717, 1.165) is 35.2 Å². The highest BCUT2D eigenvalue weighted by atomic mass is 16.5. The molecule has 1 N–H and O–H groups in total. The van der Waals surface area contributed by atoms with E-state index in [0.29, 0.717) is 36.2 Å². The lowest BCUT2D eigenvalue weighted by Crippen LogP contribution is -2.11. The van der Waals surface area contributed by atoms with Crippen molar-refractivity contribution in [3.05, 3.63) is 53.4 Å². The van der Waals surface area contributed by atoms with E-state index in [1.54, 1.807) is 20.3 Å². The van der Waals surface area contributed by atoms with Crippen molar-refractivity contribution in [3.63, 3.8) is 0 Å². The summed E-state index contributed by atoms with van der Waals surface area (Å²) >= 11 is 0. The maximum absolute atomic E-state index is 12.1. The third kappa shape index (κ3) is 3.55. The molecule has 0 fully saturated rings. The fraction of sp³-hybridized carbons (Fsp3) is 0.286. The number of hydrogen-bond acceptors (Lipinski definition) is 7. The summed E-state index contributed by atoms with van der Waals surface area (Å²) in [7, 11) is 3.18. The Balaban J connectivity index is 1.49. The molecule has 0 saturated heterocycles. The largest absolute Gasteiger partial charge is 0.497 e. The predicted octanol–water partition coefficient (Wildman–Crippen LogP) is 3.88. The molecule has 0 amide bonds. The van der Waals surface area contributed by atoms with Gasteiger partial charge in [0.1, 0.15) is 11.5 Å². The second-order valence-electron chi connectivity index (χ2n) is 6.58. The maximum atomic E-state index is 12.1. The third-order valence-electron chi connectivity index (χ3n) is 4.82. The first-order valence-corrected chi connectivity index (χ1v) is 9.13. The summed E-state index contributed by atoms with van der Waals surface area (Å²) in [6.45, 7) is 0.360. The number of anilines is 1. The average molecular weight is 379 g/mol. The molecule has 1 aromatic heterocycles. The van der Waals surface area contributed by atoms with Gasteiger partial charge in [-0.3, -0.25) is 4.79 Å². The van der Waals surface area contributed by atoms with E-state index in [1.165, 1.54) is 0 Å². The van der Waals surface area contributed by atoms with Crippen LogP contribution in [-0.4, -0.2) is 30.1 Å². The van der Waals surface area contributed by atoms with Gasteiger partial charge in [-0.05, 0) is 42.7 Å². The molecule has 4 rings (SSSR count). The van der Waals surface area contributed by atoms with Gasteiger partial charge in [0.25, 0.3) is 0 Å². The fourth-order valence-electron chi connectivity index (χ4n) is 3.34. The Morgan fingerprint density at radius 1 is 1.07 bits per heavy atom. The summed E-state index contributed by atoms with van der Waals surface area (Å²) in [4.78, 5) is 16.5. The van der Waals surface area contributed by atoms with Crippen LogP contribution >= 0.6 is 0 Å². The first-order chi connectivity index (χ1) is 13.7. The van der Waals surface area contributed by atoms with Gasteiger partial charge in [-0.15, -0.1) is 0 Å². The number of benzene rings is 2. The average Bonchev–Trinajstić information content (AvgIpc) is 3.21. The number of Topliss-reactive ketones (excluding diaryl/α,β-unsaturated/α-hetero) is 1. The smallest absolute Gasteiger partial charge is 0.246 e. The van der Waals surface area contributed by atoms with Gasteiger partial charge >= 0.3 is 0 Å². The molecule has 0 saturated carbocycles. The third-order valence-corrected chi connectivity index (χ3v) is 4.82. The highest BCUT2D eigenvalue weighted by Gasteiger charge is 2.18. The standard InChI is InChI=1S/C21H21N3O4/c1-26-15-8-9-16(19(11-15)27-2)21-23-20(28-24-21)12-22-14-7-6-13-4-3-5-18(25)17(13)10-14/h6-11,22H,3-5,12H2,1-2H3. The van der Waals surface area contributed by atoms with Crippen molar-refractivity contribution in [2.75, 3.05) is 19.5 Å². The summed E-state index contributed by atoms with van der Waals surface area (Å²) < 4.78 is 16.0. The van der Waals surface area contributed by atoms with Gasteiger partial charge in [0.15, 0.2) is 5.78 Å². The molecule has 0 atom stereocenters. The van der Waals surface area contributed by atoms with E-state index in [2.05, 4.69) is 15.5 Å². The van der Waals surface area contributed by atoms with Crippen LogP contribution in [0.3, 0.4) is 0 Å². The fourth-order valence-corrected chi connectivity index (χ4v) is 3.34. The molecule has 144 valence electrons. The van der Waals surface area contributed by atoms with E-state index in [9.17, 15) is 4.79 Å². The molecule has 1 aliphatic carbocycles. The Morgan fingerprint density at radius 3 is 2.79 bits per heavy atom. The van der Waals surface area contributed by atoms with Crippen molar-refractivity contribution in [1.82, 2.24) is 10.1 Å². The molecule has 28 heavy (non-hydrogen) atoms. The van der Waals surface area contributed by atoms with E-state index in [1.807, 2.05) is 30.3 Å². The van der Waals surface area contributed by atoms with Gasteiger partial charge in [0, 0.05) is 23.7 Å². The number of carbonyl (C=O) groups excluding carboxylic acids is 1. The maximum Gasteiger partial charge on any atom is 0.246 e. The molecular weight excluding hydrogens is 358 g/mol. The van der Waals surface area contributed by atoms with Crippen LogP contribution in [-0.2, 0) is 13.0 Å². The normalized spacial score (nSPS) is 13.1. The van der Waals surface area contributed by atoms with Gasteiger partial charge in [-0.2, -0.15) is 4.98 Å². The minimum absolute atomic E-state index is 0.205. The number of hydrogen-bond donors (Lipinski definition) is 1. The van der Waals surface area contributed by atoms with Crippen molar-refractivity contribution in [3.8, 4) is 22.9 Å². The number of aryl methyl sites for hydroxylation is 1. The van der Waals surface area contributed by atoms with Crippen molar-refractivity contribution < 1.29 is 18.8 Å². The van der Waals surface area contributed by atoms with E-state index in [4.69, 9.17) is 14.0 Å². The number of rotatable bonds is 6. The van der Waals surface area contributed by atoms with E-state index < -0.39 is 0 Å². The van der Waals surface area contributed by atoms with Crippen LogP contribution in [0.4, 0.5) is 5.69 Å². The summed E-state index contributed by atoms with van der Waals surface area (Å²) in [5.74, 6) is 2.38. The molecule has 0 aliphatic heterocycles. The summed E-state index contributed by atoms with van der Waals surface area (Å²) in [6, 6.07) is 11.3. The number of nitrogens with one attached hydrogen (secondary N) is 1. The van der Waals surface area contributed by atoms with Crippen molar-refractivity contribution in [2.45, 2.75) is 25.8 Å². The number of fused-ring (bicyclic) bond motifs is 1. The van der Waals surface area contributed by atoms with Crippen LogP contribution in [0.2, 0.25) is 0 Å². The monoisotopic (exact) mass is 379 g/mol. The number of nitrogens with zero attached hydrogens (tertiary/aromatic N) is 2. The summed E-state index contributed by atoms with van der Waals surface area (Å²) in [6.07, 6.45) is 2.50. The summed E-state index contributed by atoms with van der Waals surface area (Å²) in [5.41, 5.74) is 3.51. The number of carbonyl (C=O) groups is 1. The minimum atomic E-state index is 0.205. The van der Waals surface area contributed by atoms with Gasteiger partial charge in [-0.25, -0.2) is 0 Å². The lowest BCUT2D eigenvalue weighted by molar-refractivity contribution is 0.0972. The molecule has 1 aliphatic rings. The van der Waals surface area contributed by atoms with Crippen molar-refractivity contribution >= 4 is 11.5 Å². The lowest BCUT2D eigenvalue weighted by Gasteiger charge is -2.15. The van der Waals surface area contributed by atoms with Crippen LogP contribution in [0.15, 0.2) is 40.9 Å². The SMILES string of the molecule is COc1ccc(-c2noc(CNc3ccc4c(c3)C(=O)CCC4)n2)c(OC)c1. The van der Waals surface area contributed by atoms with Gasteiger partial charge in [-0.1, -0.05) is 11.2 Å². The molecule has 0 radical (unpaired) electrons. The molecule has 0 bridgehead atoms. The summed E-state index contributed by atoms with van der Waals surface area (Å²) in [5, 5.41) is 7.29. The Morgan fingerprint density at radius 2 is 1.96 bits per heavy atom. The zero-order chi connectivity index (χ0) is 19.5. The zero-order valence-electron chi connectivity index (χ0n) is 15.8. The zero-order valence-corrected chi connectivity index (χ0v) is 15.8. The molecular formula is C21H21N3O4. The van der Waals surface area contributed by atoms with Crippen molar-refractivity contribution in [2.24, 2.45) is 0 Å². The van der Waals surface area contributed by atoms with E-state index in [-0.39, 0.29) is 5.78 Å². The predicted molar refractivity (Wildman–Crippen MR) is 104 cm³/mol. The highest BCUT2D eigenvalue weighted by Crippen LogP contribution is 2.31. The van der Waals surface area contributed by atoms with Crippen LogP contribution in [0.25, 0.3) is 11.4 Å². The van der Waals surface area contributed by atoms with Crippen LogP contribution < -0.4 is 14.8 Å². The first kappa shape index (κ1) is 18.0. The number of aromatic nitrogens is 2. The first-order valence-electron chi connectivity index (χ1n) is 9.13. The lowest BCUT2D eigenvalue weighted by atomic mass is 9.90. The van der Waals surface area contributed by atoms with E-state index >= 15 is 0 Å². The second-order valence-corrected chi connectivity index (χ2v) is 6.58. The Hall–Kier alpha value is -3.35. The number of methoxy groups -OCH3 is 2. The van der Waals surface area contributed by atoms with Gasteiger partial charge in [0.2, 0.25) is 11.7 Å². The topological polar surface area (TPSA) is 86.5 Å². The Bertz CT molecular complexity index is 1010. The number of ether oxygens (including phenoxy) is 2. The molecule has 7 nitrogen and oxygen atoms in total. The molecule has 3 aromatic rings. The quantitative estimate of drug-likeness (QED) is 0.695. The minimum Gasteiger partial charge on any atom is -0.497 e. The molecule has 7 heteroatoms. The van der Waals surface area contributed by atoms with Gasteiger partial charge < -0.3 is 19.3 Å². The Labute approximate surface area is 162 Å². The molecule has 0 unspecified atom stereocenters.